The highest BCUT2D eigenvalue weighted by atomic mass is 16.4. The molecule has 0 saturated heterocycles. The minimum atomic E-state index is -1.15. The van der Waals surface area contributed by atoms with E-state index < -0.39 is 11.9 Å². The lowest BCUT2D eigenvalue weighted by Gasteiger charge is -2.20. The Morgan fingerprint density at radius 3 is 1.32 bits per heavy atom. The Balaban J connectivity index is 3.65. The van der Waals surface area contributed by atoms with Crippen LogP contribution in [-0.2, 0) is 12.8 Å². The lowest BCUT2D eigenvalue weighted by molar-refractivity contribution is 0.0649. The van der Waals surface area contributed by atoms with Gasteiger partial charge in [0.05, 0.1) is 11.1 Å². The van der Waals surface area contributed by atoms with Crippen molar-refractivity contribution in [2.45, 2.75) is 66.2 Å². The summed E-state index contributed by atoms with van der Waals surface area (Å²) < 4.78 is 0. The molecular formula is C18H26O4. The number of unbranched alkanes of at least 4 members (excludes halogenated alkanes) is 2. The topological polar surface area (TPSA) is 74.6 Å². The van der Waals surface area contributed by atoms with E-state index in [-0.39, 0.29) is 11.1 Å². The molecule has 0 unspecified atom stereocenters. The molecule has 4 heteroatoms. The molecule has 0 atom stereocenters. The summed E-state index contributed by atoms with van der Waals surface area (Å²) >= 11 is 0. The maximum atomic E-state index is 11.6. The number of hydrogen-bond donors (Lipinski definition) is 2. The Morgan fingerprint density at radius 1 is 0.773 bits per heavy atom. The van der Waals surface area contributed by atoms with Crippen LogP contribution in [0.2, 0.25) is 0 Å². The molecule has 0 heterocycles. The summed E-state index contributed by atoms with van der Waals surface area (Å²) in [7, 11) is 0. The van der Waals surface area contributed by atoms with Crippen molar-refractivity contribution in [1.82, 2.24) is 0 Å². The smallest absolute Gasteiger partial charge is 0.336 e. The third-order valence-corrected chi connectivity index (χ3v) is 4.26. The molecule has 0 aliphatic heterocycles. The highest BCUT2D eigenvalue weighted by Gasteiger charge is 2.26. The van der Waals surface area contributed by atoms with Crippen molar-refractivity contribution in [3.63, 3.8) is 0 Å². The Bertz CT molecular complexity index is 522. The fourth-order valence-corrected chi connectivity index (χ4v) is 3.05. The second-order valence-electron chi connectivity index (χ2n) is 5.77. The molecule has 1 rings (SSSR count). The number of rotatable bonds is 8. The molecule has 1 aromatic carbocycles. The van der Waals surface area contributed by atoms with E-state index in [1.807, 2.05) is 0 Å². The van der Waals surface area contributed by atoms with Crippen LogP contribution >= 0.6 is 0 Å². The van der Waals surface area contributed by atoms with Gasteiger partial charge in [-0.1, -0.05) is 26.7 Å². The van der Waals surface area contributed by atoms with E-state index in [9.17, 15) is 19.8 Å². The van der Waals surface area contributed by atoms with Crippen LogP contribution in [-0.4, -0.2) is 22.2 Å². The van der Waals surface area contributed by atoms with E-state index in [1.165, 1.54) is 0 Å². The van der Waals surface area contributed by atoms with E-state index in [0.717, 1.165) is 49.7 Å². The molecule has 0 fully saturated rings. The van der Waals surface area contributed by atoms with Gasteiger partial charge in [-0.2, -0.15) is 0 Å². The second-order valence-corrected chi connectivity index (χ2v) is 5.77. The van der Waals surface area contributed by atoms with Crippen molar-refractivity contribution in [2.75, 3.05) is 0 Å². The summed E-state index contributed by atoms with van der Waals surface area (Å²) in [6.07, 6.45) is 5.62. The van der Waals surface area contributed by atoms with Gasteiger partial charge in [0.15, 0.2) is 0 Å². The van der Waals surface area contributed by atoms with Gasteiger partial charge in [-0.25, -0.2) is 9.59 Å². The average molecular weight is 306 g/mol. The minimum absolute atomic E-state index is 0.0450. The first-order chi connectivity index (χ1) is 10.4. The molecular weight excluding hydrogens is 280 g/mol. The van der Waals surface area contributed by atoms with Crippen LogP contribution in [0.4, 0.5) is 0 Å². The number of aromatic carboxylic acids is 2. The Kier molecular flexibility index (Phi) is 6.60. The predicted octanol–water partition coefficient (Wildman–Crippen LogP) is 4.39. The maximum absolute atomic E-state index is 11.6. The minimum Gasteiger partial charge on any atom is -0.478 e. The van der Waals surface area contributed by atoms with Crippen LogP contribution in [0.3, 0.4) is 0 Å². The highest BCUT2D eigenvalue weighted by Crippen LogP contribution is 2.30. The average Bonchev–Trinajstić information content (AvgIpc) is 2.45. The molecule has 2 N–H and O–H groups in total. The Morgan fingerprint density at radius 2 is 1.09 bits per heavy atom. The third kappa shape index (κ3) is 3.67. The van der Waals surface area contributed by atoms with Crippen LogP contribution in [0.5, 0.6) is 0 Å². The van der Waals surface area contributed by atoms with Crippen molar-refractivity contribution < 1.29 is 19.8 Å². The van der Waals surface area contributed by atoms with Gasteiger partial charge >= 0.3 is 11.9 Å². The fourth-order valence-electron chi connectivity index (χ4n) is 3.05. The number of hydrogen-bond acceptors (Lipinski definition) is 2. The molecule has 0 radical (unpaired) electrons. The number of carbonyl (C=O) groups is 2. The van der Waals surface area contributed by atoms with Gasteiger partial charge in [0.1, 0.15) is 0 Å². The van der Waals surface area contributed by atoms with Crippen LogP contribution in [0, 0.1) is 13.8 Å². The Labute approximate surface area is 132 Å². The van der Waals surface area contributed by atoms with Gasteiger partial charge in [-0.05, 0) is 61.8 Å². The quantitative estimate of drug-likeness (QED) is 0.747. The third-order valence-electron chi connectivity index (χ3n) is 4.26. The molecule has 1 aromatic rings. The van der Waals surface area contributed by atoms with Crippen LogP contribution < -0.4 is 0 Å². The van der Waals surface area contributed by atoms with Gasteiger partial charge in [0.25, 0.3) is 0 Å². The van der Waals surface area contributed by atoms with E-state index >= 15 is 0 Å². The van der Waals surface area contributed by atoms with Crippen molar-refractivity contribution in [2.24, 2.45) is 0 Å². The number of carboxylic acids is 2. The monoisotopic (exact) mass is 306 g/mol. The SMILES string of the molecule is CCCCc1c(C)c(C(=O)O)c(C(=O)O)c(C)c1CCCC. The molecule has 0 aromatic heterocycles. The second kappa shape index (κ2) is 7.97. The zero-order chi connectivity index (χ0) is 16.9. The van der Waals surface area contributed by atoms with Crippen LogP contribution in [0.25, 0.3) is 0 Å². The molecule has 0 aliphatic rings. The Hall–Kier alpha value is -1.84. The van der Waals surface area contributed by atoms with Gasteiger partial charge < -0.3 is 10.2 Å². The van der Waals surface area contributed by atoms with Crippen molar-refractivity contribution in [3.05, 3.63) is 33.4 Å². The van der Waals surface area contributed by atoms with Crippen molar-refractivity contribution >= 4 is 11.9 Å². The van der Waals surface area contributed by atoms with Crippen molar-refractivity contribution in [3.8, 4) is 0 Å². The predicted molar refractivity (Wildman–Crippen MR) is 87.1 cm³/mol. The lowest BCUT2D eigenvalue weighted by atomic mass is 9.83. The van der Waals surface area contributed by atoms with E-state index in [1.54, 1.807) is 13.8 Å². The summed E-state index contributed by atoms with van der Waals surface area (Å²) in [5.74, 6) is -2.31. The molecule has 0 bridgehead atoms. The first-order valence-corrected chi connectivity index (χ1v) is 7.98. The molecule has 122 valence electrons. The van der Waals surface area contributed by atoms with Gasteiger partial charge in [0.2, 0.25) is 0 Å². The van der Waals surface area contributed by atoms with E-state index in [0.29, 0.717) is 11.1 Å². The summed E-state index contributed by atoms with van der Waals surface area (Å²) in [6, 6.07) is 0. The number of benzene rings is 1. The zero-order valence-corrected chi connectivity index (χ0v) is 14.0. The standard InChI is InChI=1S/C18H26O4/c1-5-7-9-13-11(3)15(17(19)20)16(18(21)22)12(4)14(13)10-8-6-2/h5-10H2,1-4H3,(H,19,20)(H,21,22). The molecule has 0 amide bonds. The fraction of sp³-hybridized carbons (Fsp3) is 0.556. The summed E-state index contributed by atoms with van der Waals surface area (Å²) in [4.78, 5) is 23.2. The largest absolute Gasteiger partial charge is 0.478 e. The van der Waals surface area contributed by atoms with Crippen molar-refractivity contribution in [1.29, 1.82) is 0 Å². The summed E-state index contributed by atoms with van der Waals surface area (Å²) in [5.41, 5.74) is 3.23. The maximum Gasteiger partial charge on any atom is 0.336 e. The first-order valence-electron chi connectivity index (χ1n) is 7.98. The van der Waals surface area contributed by atoms with E-state index in [4.69, 9.17) is 0 Å². The highest BCUT2D eigenvalue weighted by molar-refractivity contribution is 6.04. The van der Waals surface area contributed by atoms with Crippen LogP contribution in [0.15, 0.2) is 0 Å². The van der Waals surface area contributed by atoms with E-state index in [2.05, 4.69) is 13.8 Å². The molecule has 0 aliphatic carbocycles. The molecule has 4 nitrogen and oxygen atoms in total. The van der Waals surface area contributed by atoms with Crippen LogP contribution in [0.1, 0.15) is 82.5 Å². The van der Waals surface area contributed by atoms with Gasteiger partial charge in [0, 0.05) is 0 Å². The molecule has 22 heavy (non-hydrogen) atoms. The zero-order valence-electron chi connectivity index (χ0n) is 14.0. The summed E-state index contributed by atoms with van der Waals surface area (Å²) in [5, 5.41) is 18.9. The van der Waals surface area contributed by atoms with Gasteiger partial charge in [-0.3, -0.25) is 0 Å². The lowest BCUT2D eigenvalue weighted by Crippen LogP contribution is -2.17. The number of carboxylic acid groups (broad SMARTS) is 2. The molecule has 0 spiro atoms. The summed E-state index contributed by atoms with van der Waals surface area (Å²) in [6.45, 7) is 7.68. The molecule has 0 saturated carbocycles. The van der Waals surface area contributed by atoms with Gasteiger partial charge in [-0.15, -0.1) is 0 Å². The normalized spacial score (nSPS) is 10.7. The first kappa shape index (κ1) is 18.2.